The Morgan fingerprint density at radius 1 is 1.47 bits per heavy atom. The quantitative estimate of drug-likeness (QED) is 0.816. The van der Waals surface area contributed by atoms with Gasteiger partial charge in [-0.2, -0.15) is 0 Å². The van der Waals surface area contributed by atoms with Gasteiger partial charge in [-0.15, -0.1) is 0 Å². The van der Waals surface area contributed by atoms with Crippen molar-refractivity contribution in [2.45, 2.75) is 26.8 Å². The third-order valence-corrected chi connectivity index (χ3v) is 1.75. The standard InChI is InChI=1S/C11H14FNO2/c1-7(2)13-11(14)15-9-4-5-10(12)8(3)6-9/h4-7H,1-3H3,(H,13,14). The first-order valence-corrected chi connectivity index (χ1v) is 4.73. The molecule has 0 spiro atoms. The number of hydrogen-bond donors (Lipinski definition) is 1. The van der Waals surface area contributed by atoms with Crippen LogP contribution in [0, 0.1) is 12.7 Å². The van der Waals surface area contributed by atoms with Gasteiger partial charge in [0.05, 0.1) is 0 Å². The second-order valence-corrected chi connectivity index (χ2v) is 3.60. The molecule has 0 atom stereocenters. The Kier molecular flexibility index (Phi) is 3.66. The summed E-state index contributed by atoms with van der Waals surface area (Å²) < 4.78 is 17.8. The molecule has 15 heavy (non-hydrogen) atoms. The molecule has 0 fully saturated rings. The maximum absolute atomic E-state index is 12.9. The predicted molar refractivity (Wildman–Crippen MR) is 55.4 cm³/mol. The molecule has 4 heteroatoms. The normalized spacial score (nSPS) is 10.2. The molecule has 1 aromatic rings. The van der Waals surface area contributed by atoms with E-state index in [0.29, 0.717) is 11.3 Å². The summed E-state index contributed by atoms with van der Waals surface area (Å²) in [5.74, 6) is 0.0265. The Balaban J connectivity index is 2.65. The maximum atomic E-state index is 12.9. The Labute approximate surface area is 88.2 Å². The summed E-state index contributed by atoms with van der Waals surface area (Å²) in [4.78, 5) is 11.2. The summed E-state index contributed by atoms with van der Waals surface area (Å²) in [6.07, 6.45) is -0.531. The molecule has 0 aromatic heterocycles. The van der Waals surface area contributed by atoms with Crippen LogP contribution >= 0.6 is 0 Å². The Morgan fingerprint density at radius 3 is 2.67 bits per heavy atom. The number of hydrogen-bond acceptors (Lipinski definition) is 2. The van der Waals surface area contributed by atoms with E-state index in [1.807, 2.05) is 13.8 Å². The van der Waals surface area contributed by atoms with Gasteiger partial charge in [0.2, 0.25) is 0 Å². The van der Waals surface area contributed by atoms with Crippen molar-refractivity contribution in [2.24, 2.45) is 0 Å². The van der Waals surface area contributed by atoms with Gasteiger partial charge in [-0.1, -0.05) is 0 Å². The van der Waals surface area contributed by atoms with Crippen molar-refractivity contribution in [1.29, 1.82) is 0 Å². The fourth-order valence-electron chi connectivity index (χ4n) is 1.05. The molecular weight excluding hydrogens is 197 g/mol. The number of amides is 1. The zero-order chi connectivity index (χ0) is 11.4. The molecule has 0 heterocycles. The molecule has 1 aromatic carbocycles. The van der Waals surface area contributed by atoms with Gasteiger partial charge in [0.25, 0.3) is 0 Å². The number of carbonyl (C=O) groups excluding carboxylic acids is 1. The number of nitrogens with one attached hydrogen (secondary N) is 1. The van der Waals surface area contributed by atoms with Gasteiger partial charge < -0.3 is 10.1 Å². The van der Waals surface area contributed by atoms with E-state index in [1.54, 1.807) is 6.92 Å². The van der Waals surface area contributed by atoms with Gasteiger partial charge in [0.1, 0.15) is 11.6 Å². The highest BCUT2D eigenvalue weighted by Crippen LogP contribution is 2.15. The highest BCUT2D eigenvalue weighted by Gasteiger charge is 2.06. The van der Waals surface area contributed by atoms with Crippen molar-refractivity contribution in [1.82, 2.24) is 5.32 Å². The summed E-state index contributed by atoms with van der Waals surface area (Å²) in [6, 6.07) is 4.18. The van der Waals surface area contributed by atoms with Crippen LogP contribution in [0.4, 0.5) is 9.18 Å². The van der Waals surface area contributed by atoms with Crippen molar-refractivity contribution in [2.75, 3.05) is 0 Å². The maximum Gasteiger partial charge on any atom is 0.412 e. The average Bonchev–Trinajstić information content (AvgIpc) is 2.10. The zero-order valence-corrected chi connectivity index (χ0v) is 9.00. The molecule has 0 saturated carbocycles. The summed E-state index contributed by atoms with van der Waals surface area (Å²) in [5, 5.41) is 2.57. The first-order valence-electron chi connectivity index (χ1n) is 4.73. The first-order chi connectivity index (χ1) is 6.99. The van der Waals surface area contributed by atoms with Crippen LogP contribution in [-0.2, 0) is 0 Å². The molecule has 1 N–H and O–H groups in total. The lowest BCUT2D eigenvalue weighted by Crippen LogP contribution is -2.32. The van der Waals surface area contributed by atoms with E-state index in [0.717, 1.165) is 0 Å². The minimum Gasteiger partial charge on any atom is -0.410 e. The van der Waals surface area contributed by atoms with Crippen molar-refractivity contribution in [3.05, 3.63) is 29.6 Å². The molecule has 82 valence electrons. The van der Waals surface area contributed by atoms with E-state index in [9.17, 15) is 9.18 Å². The van der Waals surface area contributed by atoms with Crippen molar-refractivity contribution in [3.8, 4) is 5.75 Å². The van der Waals surface area contributed by atoms with Crippen molar-refractivity contribution in [3.63, 3.8) is 0 Å². The number of aryl methyl sites for hydroxylation is 1. The fourth-order valence-corrected chi connectivity index (χ4v) is 1.05. The molecule has 3 nitrogen and oxygen atoms in total. The molecule has 0 aliphatic carbocycles. The Morgan fingerprint density at radius 2 is 2.13 bits per heavy atom. The van der Waals surface area contributed by atoms with E-state index in [4.69, 9.17) is 4.74 Å². The summed E-state index contributed by atoms with van der Waals surface area (Å²) in [7, 11) is 0. The molecule has 0 aliphatic heterocycles. The van der Waals surface area contributed by atoms with Crippen LogP contribution in [0.25, 0.3) is 0 Å². The van der Waals surface area contributed by atoms with E-state index >= 15 is 0 Å². The van der Waals surface area contributed by atoms with E-state index in [1.165, 1.54) is 18.2 Å². The zero-order valence-electron chi connectivity index (χ0n) is 9.00. The van der Waals surface area contributed by atoms with Gasteiger partial charge in [-0.3, -0.25) is 0 Å². The number of ether oxygens (including phenoxy) is 1. The topological polar surface area (TPSA) is 38.3 Å². The summed E-state index contributed by atoms with van der Waals surface area (Å²) in [5.41, 5.74) is 0.449. The minimum atomic E-state index is -0.531. The SMILES string of the molecule is Cc1cc(OC(=O)NC(C)C)ccc1F. The van der Waals surface area contributed by atoms with Crippen LogP contribution < -0.4 is 10.1 Å². The van der Waals surface area contributed by atoms with Crippen LogP contribution in [0.1, 0.15) is 19.4 Å². The summed E-state index contributed by atoms with van der Waals surface area (Å²) >= 11 is 0. The molecule has 0 radical (unpaired) electrons. The average molecular weight is 211 g/mol. The van der Waals surface area contributed by atoms with E-state index < -0.39 is 6.09 Å². The second kappa shape index (κ2) is 4.77. The van der Waals surface area contributed by atoms with Crippen LogP contribution in [0.3, 0.4) is 0 Å². The van der Waals surface area contributed by atoms with E-state index in [-0.39, 0.29) is 11.9 Å². The molecule has 0 aliphatic rings. The third kappa shape index (κ3) is 3.58. The van der Waals surface area contributed by atoms with Crippen molar-refractivity contribution < 1.29 is 13.9 Å². The number of rotatable bonds is 2. The number of carbonyl (C=O) groups is 1. The van der Waals surface area contributed by atoms with Gasteiger partial charge in [-0.25, -0.2) is 9.18 Å². The molecule has 0 saturated heterocycles. The van der Waals surface area contributed by atoms with Crippen LogP contribution in [0.15, 0.2) is 18.2 Å². The van der Waals surface area contributed by atoms with E-state index in [2.05, 4.69) is 5.32 Å². The lowest BCUT2D eigenvalue weighted by Gasteiger charge is -2.09. The van der Waals surface area contributed by atoms with Crippen LogP contribution in [0.2, 0.25) is 0 Å². The molecule has 1 rings (SSSR count). The van der Waals surface area contributed by atoms with Crippen LogP contribution in [-0.4, -0.2) is 12.1 Å². The Hall–Kier alpha value is -1.58. The van der Waals surface area contributed by atoms with Gasteiger partial charge in [0, 0.05) is 6.04 Å². The lowest BCUT2D eigenvalue weighted by molar-refractivity contribution is 0.197. The van der Waals surface area contributed by atoms with Crippen LogP contribution in [0.5, 0.6) is 5.75 Å². The van der Waals surface area contributed by atoms with Gasteiger partial charge >= 0.3 is 6.09 Å². The lowest BCUT2D eigenvalue weighted by atomic mass is 10.2. The van der Waals surface area contributed by atoms with Gasteiger partial charge in [0.15, 0.2) is 0 Å². The highest BCUT2D eigenvalue weighted by molar-refractivity contribution is 5.70. The smallest absolute Gasteiger partial charge is 0.410 e. The summed E-state index contributed by atoms with van der Waals surface area (Å²) in [6.45, 7) is 5.27. The number of halogens is 1. The fraction of sp³-hybridized carbons (Fsp3) is 0.364. The minimum absolute atomic E-state index is 0.0130. The molecule has 0 unspecified atom stereocenters. The largest absolute Gasteiger partial charge is 0.412 e. The molecular formula is C11H14FNO2. The Bertz CT molecular complexity index is 364. The van der Waals surface area contributed by atoms with Gasteiger partial charge in [-0.05, 0) is 44.5 Å². The highest BCUT2D eigenvalue weighted by atomic mass is 19.1. The van der Waals surface area contributed by atoms with Crippen molar-refractivity contribution >= 4 is 6.09 Å². The molecule has 0 bridgehead atoms. The predicted octanol–water partition coefficient (Wildman–Crippen LogP) is 2.63. The first kappa shape index (κ1) is 11.5. The third-order valence-electron chi connectivity index (χ3n) is 1.75. The second-order valence-electron chi connectivity index (χ2n) is 3.60. The monoisotopic (exact) mass is 211 g/mol. The number of benzene rings is 1. The molecule has 1 amide bonds.